The Bertz CT molecular complexity index is 415. The van der Waals surface area contributed by atoms with Gasteiger partial charge >= 0.3 is 0 Å². The molecule has 0 amide bonds. The largest absolute Gasteiger partial charge is 0.368 e. The van der Waals surface area contributed by atoms with Gasteiger partial charge in [0.2, 0.25) is 0 Å². The van der Waals surface area contributed by atoms with E-state index in [2.05, 4.69) is 50.1 Å². The zero-order chi connectivity index (χ0) is 13.9. The summed E-state index contributed by atoms with van der Waals surface area (Å²) in [4.78, 5) is 2.44. The minimum absolute atomic E-state index is 0.151. The summed E-state index contributed by atoms with van der Waals surface area (Å²) in [7, 11) is 2.22. The highest BCUT2D eigenvalue weighted by Gasteiger charge is 2.35. The Labute approximate surface area is 118 Å². The van der Waals surface area contributed by atoms with Crippen LogP contribution in [0.25, 0.3) is 0 Å². The topological polar surface area (TPSA) is 29.3 Å². The van der Waals surface area contributed by atoms with E-state index in [9.17, 15) is 0 Å². The van der Waals surface area contributed by atoms with Gasteiger partial charge in [-0.25, -0.2) is 0 Å². The van der Waals surface area contributed by atoms with Crippen molar-refractivity contribution in [1.82, 2.24) is 0 Å². The first-order chi connectivity index (χ1) is 9.07. The van der Waals surface area contributed by atoms with Crippen molar-refractivity contribution in [2.45, 2.75) is 51.5 Å². The summed E-state index contributed by atoms with van der Waals surface area (Å²) in [5, 5.41) is 0. The SMILES string of the molecule is Cc1cccc(N(C)C2(CN)CCCC(C)CC2)c1. The number of anilines is 1. The van der Waals surface area contributed by atoms with Crippen LogP contribution in [0.15, 0.2) is 24.3 Å². The van der Waals surface area contributed by atoms with E-state index < -0.39 is 0 Å². The van der Waals surface area contributed by atoms with Gasteiger partial charge in [0.05, 0.1) is 5.54 Å². The molecule has 0 saturated heterocycles. The summed E-state index contributed by atoms with van der Waals surface area (Å²) >= 11 is 0. The molecular weight excluding hydrogens is 232 g/mol. The van der Waals surface area contributed by atoms with Crippen molar-refractivity contribution in [2.24, 2.45) is 11.7 Å². The van der Waals surface area contributed by atoms with Crippen LogP contribution in [0, 0.1) is 12.8 Å². The predicted octanol–water partition coefficient (Wildman–Crippen LogP) is 3.73. The Kier molecular flexibility index (Phi) is 4.51. The summed E-state index contributed by atoms with van der Waals surface area (Å²) in [6.45, 7) is 5.28. The average molecular weight is 260 g/mol. The summed E-state index contributed by atoms with van der Waals surface area (Å²) < 4.78 is 0. The molecule has 1 aliphatic carbocycles. The monoisotopic (exact) mass is 260 g/mol. The van der Waals surface area contributed by atoms with E-state index in [4.69, 9.17) is 5.73 Å². The third kappa shape index (κ3) is 3.11. The minimum Gasteiger partial charge on any atom is -0.368 e. The zero-order valence-electron chi connectivity index (χ0n) is 12.7. The van der Waals surface area contributed by atoms with Crippen molar-refractivity contribution < 1.29 is 0 Å². The molecule has 0 aliphatic heterocycles. The van der Waals surface area contributed by atoms with Crippen molar-refractivity contribution in [3.63, 3.8) is 0 Å². The molecule has 1 saturated carbocycles. The first-order valence-electron chi connectivity index (χ1n) is 7.58. The van der Waals surface area contributed by atoms with Crippen LogP contribution >= 0.6 is 0 Å². The number of benzene rings is 1. The fraction of sp³-hybridized carbons (Fsp3) is 0.647. The average Bonchev–Trinajstić information content (AvgIpc) is 2.61. The maximum atomic E-state index is 6.19. The number of nitrogens with two attached hydrogens (primary N) is 1. The van der Waals surface area contributed by atoms with Crippen LogP contribution in [-0.2, 0) is 0 Å². The number of rotatable bonds is 3. The molecule has 2 nitrogen and oxygen atoms in total. The van der Waals surface area contributed by atoms with Crippen LogP contribution in [0.2, 0.25) is 0 Å². The van der Waals surface area contributed by atoms with E-state index in [0.29, 0.717) is 0 Å². The lowest BCUT2D eigenvalue weighted by molar-refractivity contribution is 0.357. The van der Waals surface area contributed by atoms with Crippen molar-refractivity contribution in [2.75, 3.05) is 18.5 Å². The van der Waals surface area contributed by atoms with E-state index in [1.54, 1.807) is 0 Å². The Hall–Kier alpha value is -1.02. The van der Waals surface area contributed by atoms with E-state index in [-0.39, 0.29) is 5.54 Å². The van der Waals surface area contributed by atoms with E-state index in [1.807, 2.05) is 0 Å². The second-order valence-corrected chi connectivity index (χ2v) is 6.36. The highest BCUT2D eigenvalue weighted by atomic mass is 15.2. The summed E-state index contributed by atoms with van der Waals surface area (Å²) in [5.74, 6) is 0.847. The second kappa shape index (κ2) is 5.96. The van der Waals surface area contributed by atoms with Crippen molar-refractivity contribution in [3.8, 4) is 0 Å². The molecule has 0 radical (unpaired) electrons. The summed E-state index contributed by atoms with van der Waals surface area (Å²) in [6, 6.07) is 8.77. The first kappa shape index (κ1) is 14.4. The molecule has 0 bridgehead atoms. The van der Waals surface area contributed by atoms with Crippen molar-refractivity contribution in [3.05, 3.63) is 29.8 Å². The molecule has 106 valence electrons. The molecule has 1 fully saturated rings. The Morgan fingerprint density at radius 1 is 1.32 bits per heavy atom. The summed E-state index contributed by atoms with van der Waals surface area (Å²) in [6.07, 6.45) is 6.39. The Balaban J connectivity index is 2.24. The van der Waals surface area contributed by atoms with E-state index in [1.165, 1.54) is 43.4 Å². The quantitative estimate of drug-likeness (QED) is 0.839. The fourth-order valence-corrected chi connectivity index (χ4v) is 3.35. The summed E-state index contributed by atoms with van der Waals surface area (Å²) in [5.41, 5.74) is 8.96. The smallest absolute Gasteiger partial charge is 0.0521 e. The molecule has 2 heteroatoms. The van der Waals surface area contributed by atoms with Gasteiger partial charge in [-0.2, -0.15) is 0 Å². The van der Waals surface area contributed by atoms with Gasteiger partial charge in [-0.3, -0.25) is 0 Å². The van der Waals surface area contributed by atoms with Crippen molar-refractivity contribution >= 4 is 5.69 Å². The van der Waals surface area contributed by atoms with Crippen molar-refractivity contribution in [1.29, 1.82) is 0 Å². The third-order valence-corrected chi connectivity index (χ3v) is 4.92. The van der Waals surface area contributed by atoms with Gasteiger partial charge in [0.25, 0.3) is 0 Å². The van der Waals surface area contributed by atoms with Gasteiger partial charge in [-0.15, -0.1) is 0 Å². The molecule has 1 aromatic carbocycles. The molecule has 1 aromatic rings. The molecule has 2 unspecified atom stereocenters. The molecule has 0 aromatic heterocycles. The normalized spacial score (nSPS) is 27.9. The number of hydrogen-bond donors (Lipinski definition) is 1. The van der Waals surface area contributed by atoms with E-state index >= 15 is 0 Å². The number of hydrogen-bond acceptors (Lipinski definition) is 2. The highest BCUT2D eigenvalue weighted by molar-refractivity contribution is 5.50. The van der Waals surface area contributed by atoms with Gasteiger partial charge < -0.3 is 10.6 Å². The Morgan fingerprint density at radius 2 is 2.11 bits per heavy atom. The molecule has 0 spiro atoms. The maximum absolute atomic E-state index is 6.19. The van der Waals surface area contributed by atoms with E-state index in [0.717, 1.165) is 12.5 Å². The Morgan fingerprint density at radius 3 is 2.79 bits per heavy atom. The molecule has 0 heterocycles. The maximum Gasteiger partial charge on any atom is 0.0521 e. The lowest BCUT2D eigenvalue weighted by Crippen LogP contribution is -2.52. The lowest BCUT2D eigenvalue weighted by atomic mass is 9.87. The highest BCUT2D eigenvalue weighted by Crippen LogP contribution is 2.36. The molecule has 1 aliphatic rings. The second-order valence-electron chi connectivity index (χ2n) is 6.36. The van der Waals surface area contributed by atoms with Crippen LogP contribution in [0.1, 0.15) is 44.6 Å². The molecule has 19 heavy (non-hydrogen) atoms. The van der Waals surface area contributed by atoms with Crippen LogP contribution < -0.4 is 10.6 Å². The van der Waals surface area contributed by atoms with Gasteiger partial charge in [0.15, 0.2) is 0 Å². The number of likely N-dealkylation sites (N-methyl/N-ethyl adjacent to an activating group) is 1. The minimum atomic E-state index is 0.151. The van der Waals surface area contributed by atoms with Crippen LogP contribution in [-0.4, -0.2) is 19.1 Å². The zero-order valence-corrected chi connectivity index (χ0v) is 12.7. The predicted molar refractivity (Wildman–Crippen MR) is 83.6 cm³/mol. The van der Waals surface area contributed by atoms with Gasteiger partial charge in [0.1, 0.15) is 0 Å². The van der Waals surface area contributed by atoms with Gasteiger partial charge in [-0.05, 0) is 49.8 Å². The fourth-order valence-electron chi connectivity index (χ4n) is 3.35. The lowest BCUT2D eigenvalue weighted by Gasteiger charge is -2.42. The standard InChI is InChI=1S/C17H28N2/c1-14-7-5-10-17(13-18,11-9-14)19(3)16-8-4-6-15(2)12-16/h4,6,8,12,14H,5,7,9-11,13,18H2,1-3H3. The number of nitrogens with zero attached hydrogens (tertiary/aromatic N) is 1. The third-order valence-electron chi connectivity index (χ3n) is 4.92. The molecular formula is C17H28N2. The first-order valence-corrected chi connectivity index (χ1v) is 7.58. The van der Waals surface area contributed by atoms with Crippen LogP contribution in [0.5, 0.6) is 0 Å². The molecule has 2 rings (SSSR count). The van der Waals surface area contributed by atoms with Gasteiger partial charge in [0, 0.05) is 19.3 Å². The van der Waals surface area contributed by atoms with Crippen LogP contribution in [0.3, 0.4) is 0 Å². The van der Waals surface area contributed by atoms with Gasteiger partial charge in [-0.1, -0.05) is 31.9 Å². The number of aryl methyl sites for hydroxylation is 1. The molecule has 2 N–H and O–H groups in total. The van der Waals surface area contributed by atoms with Crippen LogP contribution in [0.4, 0.5) is 5.69 Å². The molecule has 2 atom stereocenters.